The minimum Gasteiger partial charge on any atom is -0.479 e. The molecule has 1 rings (SSSR count). The summed E-state index contributed by atoms with van der Waals surface area (Å²) < 4.78 is 25.5. The van der Waals surface area contributed by atoms with E-state index in [0.29, 0.717) is 0 Å². The van der Waals surface area contributed by atoms with Crippen LogP contribution in [0.2, 0.25) is 0 Å². The van der Waals surface area contributed by atoms with Crippen molar-refractivity contribution in [2.45, 2.75) is 19.0 Å². The van der Waals surface area contributed by atoms with Crippen molar-refractivity contribution in [3.05, 3.63) is 34.9 Å². The van der Waals surface area contributed by atoms with E-state index in [1.807, 2.05) is 0 Å². The zero-order valence-electron chi connectivity index (χ0n) is 9.65. The number of carboxylic acids is 1. The highest BCUT2D eigenvalue weighted by Crippen LogP contribution is 2.27. The summed E-state index contributed by atoms with van der Waals surface area (Å²) in [6.45, 7) is 0. The smallest absolute Gasteiger partial charge is 0.337 e. The summed E-state index contributed by atoms with van der Waals surface area (Å²) >= 11 is 2.92. The van der Waals surface area contributed by atoms with Gasteiger partial charge in [-0.05, 0) is 11.1 Å². The van der Waals surface area contributed by atoms with E-state index in [-0.39, 0.29) is 34.2 Å². The van der Waals surface area contributed by atoms with Crippen LogP contribution < -0.4 is 0 Å². The maximum Gasteiger partial charge on any atom is 0.337 e. The van der Waals surface area contributed by atoms with Crippen LogP contribution in [0.5, 0.6) is 0 Å². The van der Waals surface area contributed by atoms with Gasteiger partial charge in [-0.25, -0.2) is 13.6 Å². The van der Waals surface area contributed by atoms with Crippen molar-refractivity contribution in [2.75, 3.05) is 5.33 Å². The van der Waals surface area contributed by atoms with Crippen molar-refractivity contribution in [3.63, 3.8) is 0 Å². The van der Waals surface area contributed by atoms with Crippen LogP contribution in [-0.4, -0.2) is 27.3 Å². The lowest BCUT2D eigenvalue weighted by Crippen LogP contribution is -2.13. The normalized spacial score (nSPS) is 12.5. The summed E-state index contributed by atoms with van der Waals surface area (Å²) in [6, 6.07) is 3.27. The highest BCUT2D eigenvalue weighted by molar-refractivity contribution is 9.09. The van der Waals surface area contributed by atoms with Gasteiger partial charge in [0.1, 0.15) is 5.78 Å². The fourth-order valence-corrected chi connectivity index (χ4v) is 1.76. The number of carbonyl (C=O) groups is 2. The SMILES string of the molecule is O=C(CBr)Cc1cc(C(O)C(=O)O)ccc1C(F)F. The number of ketones is 1. The standard InChI is InChI=1S/C12H11BrF2O4/c13-5-8(16)4-7-3-6(10(17)12(18)19)1-2-9(7)11(14)15/h1-3,10-11,17H,4-5H2,(H,18,19). The van der Waals surface area contributed by atoms with Crippen LogP contribution in [-0.2, 0) is 16.0 Å². The van der Waals surface area contributed by atoms with E-state index < -0.39 is 18.5 Å². The molecule has 1 unspecified atom stereocenters. The van der Waals surface area contributed by atoms with Crippen molar-refractivity contribution in [1.29, 1.82) is 0 Å². The minimum atomic E-state index is -2.77. The average Bonchev–Trinajstić information content (AvgIpc) is 2.37. The first-order valence-corrected chi connectivity index (χ1v) is 6.38. The van der Waals surface area contributed by atoms with Gasteiger partial charge in [-0.2, -0.15) is 0 Å². The van der Waals surface area contributed by atoms with Gasteiger partial charge >= 0.3 is 5.97 Å². The first-order chi connectivity index (χ1) is 8.86. The topological polar surface area (TPSA) is 74.6 Å². The molecule has 0 heterocycles. The van der Waals surface area contributed by atoms with Gasteiger partial charge in [-0.15, -0.1) is 0 Å². The van der Waals surface area contributed by atoms with E-state index in [9.17, 15) is 23.5 Å². The van der Waals surface area contributed by atoms with Crippen molar-refractivity contribution < 1.29 is 28.6 Å². The molecule has 0 spiro atoms. The van der Waals surface area contributed by atoms with Crippen LogP contribution in [0, 0.1) is 0 Å². The molecule has 0 amide bonds. The van der Waals surface area contributed by atoms with Crippen LogP contribution in [0.1, 0.15) is 29.2 Å². The van der Waals surface area contributed by atoms with Gasteiger partial charge in [0.15, 0.2) is 6.10 Å². The number of carbonyl (C=O) groups excluding carboxylic acids is 1. The molecule has 0 radical (unpaired) electrons. The summed E-state index contributed by atoms with van der Waals surface area (Å²) in [5, 5.41) is 18.0. The number of hydrogen-bond donors (Lipinski definition) is 2. The maximum absolute atomic E-state index is 12.8. The van der Waals surface area contributed by atoms with Crippen LogP contribution in [0.4, 0.5) is 8.78 Å². The number of carboxylic acid groups (broad SMARTS) is 1. The molecule has 1 aromatic carbocycles. The monoisotopic (exact) mass is 336 g/mol. The largest absolute Gasteiger partial charge is 0.479 e. The second-order valence-corrected chi connectivity index (χ2v) is 4.41. The molecule has 2 N–H and O–H groups in total. The van der Waals surface area contributed by atoms with Crippen LogP contribution in [0.15, 0.2) is 18.2 Å². The van der Waals surface area contributed by atoms with Crippen molar-refractivity contribution >= 4 is 27.7 Å². The third-order valence-corrected chi connectivity index (χ3v) is 3.11. The third kappa shape index (κ3) is 4.07. The molecule has 0 fully saturated rings. The quantitative estimate of drug-likeness (QED) is 0.781. The van der Waals surface area contributed by atoms with E-state index in [2.05, 4.69) is 15.9 Å². The van der Waals surface area contributed by atoms with Crippen molar-refractivity contribution in [1.82, 2.24) is 0 Å². The van der Waals surface area contributed by atoms with E-state index in [1.54, 1.807) is 0 Å². The molecule has 0 bridgehead atoms. The molecular weight excluding hydrogens is 326 g/mol. The Labute approximate surface area is 116 Å². The lowest BCUT2D eigenvalue weighted by molar-refractivity contribution is -0.146. The van der Waals surface area contributed by atoms with Gasteiger partial charge in [-0.3, -0.25) is 4.79 Å². The fourth-order valence-electron chi connectivity index (χ4n) is 1.56. The Morgan fingerprint density at radius 1 is 1.32 bits per heavy atom. The number of aliphatic hydroxyl groups excluding tert-OH is 1. The predicted octanol–water partition coefficient (Wildman–Crippen LogP) is 2.25. The Hall–Kier alpha value is -1.34. The Bertz CT molecular complexity index is 491. The lowest BCUT2D eigenvalue weighted by atomic mass is 9.97. The zero-order chi connectivity index (χ0) is 14.6. The Balaban J connectivity index is 3.17. The van der Waals surface area contributed by atoms with E-state index >= 15 is 0 Å². The summed E-state index contributed by atoms with van der Waals surface area (Å²) in [6.07, 6.45) is -4.82. The third-order valence-electron chi connectivity index (χ3n) is 2.49. The molecule has 1 aromatic rings. The fraction of sp³-hybridized carbons (Fsp3) is 0.333. The van der Waals surface area contributed by atoms with Crippen LogP contribution >= 0.6 is 15.9 Å². The number of Topliss-reactive ketones (excluding diaryl/α,β-unsaturated/α-hetero) is 1. The van der Waals surface area contributed by atoms with Gasteiger partial charge in [0.25, 0.3) is 6.43 Å². The lowest BCUT2D eigenvalue weighted by Gasteiger charge is -2.12. The van der Waals surface area contributed by atoms with Crippen LogP contribution in [0.25, 0.3) is 0 Å². The van der Waals surface area contributed by atoms with Gasteiger partial charge in [0.05, 0.1) is 5.33 Å². The Kier molecular flexibility index (Phi) is 5.56. The molecule has 0 aliphatic heterocycles. The molecule has 0 aromatic heterocycles. The van der Waals surface area contributed by atoms with Gasteiger partial charge in [-0.1, -0.05) is 34.1 Å². The summed E-state index contributed by atoms with van der Waals surface area (Å²) in [4.78, 5) is 21.9. The Morgan fingerprint density at radius 2 is 1.95 bits per heavy atom. The number of benzene rings is 1. The number of hydrogen-bond acceptors (Lipinski definition) is 3. The number of aliphatic carboxylic acids is 1. The van der Waals surface area contributed by atoms with Crippen LogP contribution in [0.3, 0.4) is 0 Å². The number of aliphatic hydroxyl groups is 1. The van der Waals surface area contributed by atoms with Crippen molar-refractivity contribution in [3.8, 4) is 0 Å². The molecule has 0 saturated heterocycles. The number of rotatable bonds is 6. The van der Waals surface area contributed by atoms with E-state index in [1.165, 1.54) is 0 Å². The highest BCUT2D eigenvalue weighted by atomic mass is 79.9. The number of halogens is 3. The Morgan fingerprint density at radius 3 is 2.42 bits per heavy atom. The summed E-state index contributed by atoms with van der Waals surface area (Å²) in [5.74, 6) is -1.80. The van der Waals surface area contributed by atoms with Gasteiger partial charge < -0.3 is 10.2 Å². The van der Waals surface area contributed by atoms with Gasteiger partial charge in [0, 0.05) is 12.0 Å². The molecule has 7 heteroatoms. The van der Waals surface area contributed by atoms with E-state index in [4.69, 9.17) is 5.11 Å². The second kappa shape index (κ2) is 6.72. The molecule has 0 saturated carbocycles. The summed E-state index contributed by atoms with van der Waals surface area (Å²) in [5.41, 5.74) is -0.345. The first-order valence-electron chi connectivity index (χ1n) is 5.26. The number of alkyl halides is 3. The molecule has 0 aliphatic carbocycles. The van der Waals surface area contributed by atoms with Crippen molar-refractivity contribution in [2.24, 2.45) is 0 Å². The minimum absolute atomic E-state index is 0.0153. The summed E-state index contributed by atoms with van der Waals surface area (Å²) in [7, 11) is 0. The zero-order valence-corrected chi connectivity index (χ0v) is 11.2. The molecule has 4 nitrogen and oxygen atoms in total. The van der Waals surface area contributed by atoms with E-state index in [0.717, 1.165) is 18.2 Å². The average molecular weight is 337 g/mol. The first kappa shape index (κ1) is 15.7. The van der Waals surface area contributed by atoms with Gasteiger partial charge in [0.2, 0.25) is 0 Å². The molecule has 0 aliphatic rings. The molecule has 1 atom stereocenters. The molecule has 104 valence electrons. The second-order valence-electron chi connectivity index (χ2n) is 3.85. The maximum atomic E-state index is 12.8. The molecule has 19 heavy (non-hydrogen) atoms. The highest BCUT2D eigenvalue weighted by Gasteiger charge is 2.20. The predicted molar refractivity (Wildman–Crippen MR) is 66.5 cm³/mol. The molecular formula is C12H11BrF2O4.